The molecule has 3 nitrogen and oxygen atoms in total. The van der Waals surface area contributed by atoms with Crippen molar-refractivity contribution in [3.8, 4) is 0 Å². The van der Waals surface area contributed by atoms with Gasteiger partial charge in [0.05, 0.1) is 0 Å². The van der Waals surface area contributed by atoms with Gasteiger partial charge in [-0.25, -0.2) is 9.97 Å². The molecule has 2 aromatic heterocycles. The fourth-order valence-electron chi connectivity index (χ4n) is 2.12. The smallest absolute Gasteiger partial charge is 0.138 e. The first-order valence-corrected chi connectivity index (χ1v) is 6.53. The third-order valence-corrected chi connectivity index (χ3v) is 3.02. The molecule has 0 N–H and O–H groups in total. The van der Waals surface area contributed by atoms with Gasteiger partial charge < -0.3 is 0 Å². The third-order valence-electron chi connectivity index (χ3n) is 3.02. The van der Waals surface area contributed by atoms with Crippen molar-refractivity contribution in [2.45, 2.75) is 6.92 Å². The molecule has 3 rings (SSSR count). The van der Waals surface area contributed by atoms with Crippen LogP contribution >= 0.6 is 0 Å². The maximum atomic E-state index is 4.45. The summed E-state index contributed by atoms with van der Waals surface area (Å²) in [6.45, 7) is 2.08. The molecule has 0 saturated heterocycles. The molecule has 0 saturated carbocycles. The van der Waals surface area contributed by atoms with Gasteiger partial charge in [0, 0.05) is 18.1 Å². The molecule has 0 fully saturated rings. The molecular weight excluding hydrogens is 246 g/mol. The molecule has 0 bridgehead atoms. The highest BCUT2D eigenvalue weighted by Crippen LogP contribution is 2.31. The highest BCUT2D eigenvalue weighted by Gasteiger charge is 2.13. The Balaban J connectivity index is 2.14. The summed E-state index contributed by atoms with van der Waals surface area (Å²) in [6, 6.07) is 20.1. The second-order valence-corrected chi connectivity index (χ2v) is 4.55. The van der Waals surface area contributed by atoms with Gasteiger partial charge in [-0.3, -0.25) is 4.90 Å². The van der Waals surface area contributed by atoms with E-state index in [4.69, 9.17) is 0 Å². The van der Waals surface area contributed by atoms with Crippen LogP contribution in [0.25, 0.3) is 0 Å². The van der Waals surface area contributed by atoms with Gasteiger partial charge in [0.15, 0.2) is 0 Å². The lowest BCUT2D eigenvalue weighted by Crippen LogP contribution is -2.12. The Labute approximate surface area is 118 Å². The van der Waals surface area contributed by atoms with Crippen LogP contribution in [0.4, 0.5) is 17.3 Å². The van der Waals surface area contributed by atoms with E-state index >= 15 is 0 Å². The fourth-order valence-corrected chi connectivity index (χ4v) is 2.12. The van der Waals surface area contributed by atoms with E-state index in [9.17, 15) is 0 Å². The van der Waals surface area contributed by atoms with Crippen molar-refractivity contribution >= 4 is 17.3 Å². The predicted octanol–water partition coefficient (Wildman–Crippen LogP) is 4.25. The van der Waals surface area contributed by atoms with E-state index in [0.29, 0.717) is 0 Å². The van der Waals surface area contributed by atoms with Crippen LogP contribution in [0.2, 0.25) is 0 Å². The molecule has 0 atom stereocenters. The number of aryl methyl sites for hydroxylation is 1. The van der Waals surface area contributed by atoms with Crippen LogP contribution in [0.5, 0.6) is 0 Å². The van der Waals surface area contributed by atoms with Crippen LogP contribution in [-0.4, -0.2) is 9.97 Å². The number of hydrogen-bond donors (Lipinski definition) is 0. The standard InChI is InChI=1S/C17H15N3/c1-14-7-6-8-15(13-14)20(16-9-2-4-11-18-16)17-10-3-5-12-19-17/h2-13H,1H3. The molecule has 3 aromatic rings. The monoisotopic (exact) mass is 261 g/mol. The Morgan fingerprint density at radius 1 is 0.750 bits per heavy atom. The summed E-state index contributed by atoms with van der Waals surface area (Å²) in [4.78, 5) is 10.9. The number of pyridine rings is 2. The highest BCUT2D eigenvalue weighted by atomic mass is 15.2. The number of benzene rings is 1. The van der Waals surface area contributed by atoms with Crippen molar-refractivity contribution < 1.29 is 0 Å². The number of nitrogens with zero attached hydrogens (tertiary/aromatic N) is 3. The van der Waals surface area contributed by atoms with Crippen LogP contribution < -0.4 is 4.90 Å². The van der Waals surface area contributed by atoms with Crippen LogP contribution in [0.1, 0.15) is 5.56 Å². The van der Waals surface area contributed by atoms with Crippen molar-refractivity contribution in [3.63, 3.8) is 0 Å². The first-order valence-electron chi connectivity index (χ1n) is 6.53. The zero-order valence-corrected chi connectivity index (χ0v) is 11.3. The molecule has 0 aliphatic rings. The minimum absolute atomic E-state index is 0.858. The number of rotatable bonds is 3. The van der Waals surface area contributed by atoms with Crippen molar-refractivity contribution in [1.82, 2.24) is 9.97 Å². The van der Waals surface area contributed by atoms with Gasteiger partial charge in [-0.2, -0.15) is 0 Å². The quantitative estimate of drug-likeness (QED) is 0.705. The molecule has 0 aliphatic carbocycles. The molecule has 0 aliphatic heterocycles. The first kappa shape index (κ1) is 12.4. The molecule has 1 aromatic carbocycles. The molecule has 3 heteroatoms. The Morgan fingerprint density at radius 3 is 1.90 bits per heavy atom. The molecule has 2 heterocycles. The lowest BCUT2D eigenvalue weighted by Gasteiger charge is -2.23. The second kappa shape index (κ2) is 5.53. The van der Waals surface area contributed by atoms with Crippen LogP contribution in [0, 0.1) is 6.92 Å². The van der Waals surface area contributed by atoms with E-state index in [-0.39, 0.29) is 0 Å². The van der Waals surface area contributed by atoms with Gasteiger partial charge in [-0.1, -0.05) is 24.3 Å². The minimum atomic E-state index is 0.858. The van der Waals surface area contributed by atoms with Gasteiger partial charge in [0.2, 0.25) is 0 Å². The average molecular weight is 261 g/mol. The summed E-state index contributed by atoms with van der Waals surface area (Å²) in [6.07, 6.45) is 3.59. The number of anilines is 3. The van der Waals surface area contributed by atoms with Gasteiger partial charge in [-0.15, -0.1) is 0 Å². The van der Waals surface area contributed by atoms with Gasteiger partial charge in [-0.05, 0) is 48.9 Å². The SMILES string of the molecule is Cc1cccc(N(c2ccccn2)c2ccccn2)c1. The number of hydrogen-bond acceptors (Lipinski definition) is 3. The average Bonchev–Trinajstić information content (AvgIpc) is 2.50. The van der Waals surface area contributed by atoms with E-state index < -0.39 is 0 Å². The molecule has 20 heavy (non-hydrogen) atoms. The van der Waals surface area contributed by atoms with Crippen LogP contribution in [0.15, 0.2) is 73.1 Å². The zero-order valence-electron chi connectivity index (χ0n) is 11.3. The van der Waals surface area contributed by atoms with E-state index in [0.717, 1.165) is 17.3 Å². The minimum Gasteiger partial charge on any atom is -0.279 e. The van der Waals surface area contributed by atoms with Crippen molar-refractivity contribution in [3.05, 3.63) is 78.6 Å². The highest BCUT2D eigenvalue weighted by molar-refractivity contribution is 5.72. The van der Waals surface area contributed by atoms with Crippen molar-refractivity contribution in [1.29, 1.82) is 0 Å². The number of aromatic nitrogens is 2. The molecule has 0 unspecified atom stereocenters. The zero-order chi connectivity index (χ0) is 13.8. The summed E-state index contributed by atoms with van der Waals surface area (Å²) in [7, 11) is 0. The molecule has 0 amide bonds. The first-order chi connectivity index (χ1) is 9.84. The largest absolute Gasteiger partial charge is 0.279 e. The maximum Gasteiger partial charge on any atom is 0.138 e. The van der Waals surface area contributed by atoms with Gasteiger partial charge in [0.1, 0.15) is 11.6 Å². The van der Waals surface area contributed by atoms with Crippen molar-refractivity contribution in [2.75, 3.05) is 4.90 Å². The summed E-state index contributed by atoms with van der Waals surface area (Å²) >= 11 is 0. The van der Waals surface area contributed by atoms with Crippen LogP contribution in [0.3, 0.4) is 0 Å². The Morgan fingerprint density at radius 2 is 1.40 bits per heavy atom. The molecule has 98 valence electrons. The Hall–Kier alpha value is -2.68. The van der Waals surface area contributed by atoms with Crippen LogP contribution in [-0.2, 0) is 0 Å². The topological polar surface area (TPSA) is 29.0 Å². The van der Waals surface area contributed by atoms with E-state index in [1.54, 1.807) is 12.4 Å². The van der Waals surface area contributed by atoms with E-state index in [1.807, 2.05) is 47.4 Å². The van der Waals surface area contributed by atoms with Gasteiger partial charge in [0.25, 0.3) is 0 Å². The van der Waals surface area contributed by atoms with E-state index in [2.05, 4.69) is 35.1 Å². The summed E-state index contributed by atoms with van der Waals surface area (Å²) < 4.78 is 0. The normalized spacial score (nSPS) is 10.2. The lowest BCUT2D eigenvalue weighted by atomic mass is 10.2. The predicted molar refractivity (Wildman–Crippen MR) is 81.5 cm³/mol. The van der Waals surface area contributed by atoms with Crippen molar-refractivity contribution in [2.24, 2.45) is 0 Å². The Kier molecular flexibility index (Phi) is 3.42. The maximum absolute atomic E-state index is 4.45. The molecule has 0 spiro atoms. The van der Waals surface area contributed by atoms with E-state index in [1.165, 1.54) is 5.56 Å². The third kappa shape index (κ3) is 2.52. The lowest BCUT2D eigenvalue weighted by molar-refractivity contribution is 1.12. The van der Waals surface area contributed by atoms with Gasteiger partial charge >= 0.3 is 0 Å². The summed E-state index contributed by atoms with van der Waals surface area (Å²) in [5, 5.41) is 0. The summed E-state index contributed by atoms with van der Waals surface area (Å²) in [5.74, 6) is 1.72. The molecule has 0 radical (unpaired) electrons. The summed E-state index contributed by atoms with van der Waals surface area (Å²) in [5.41, 5.74) is 2.27. The Bertz CT molecular complexity index is 641. The fraction of sp³-hybridized carbons (Fsp3) is 0.0588. The second-order valence-electron chi connectivity index (χ2n) is 4.55. The molecular formula is C17H15N3.